The summed E-state index contributed by atoms with van der Waals surface area (Å²) in [5.41, 5.74) is 2.12. The molecule has 2 aliphatic rings. The molecule has 0 atom stereocenters. The van der Waals surface area contributed by atoms with Crippen LogP contribution in [-0.2, 0) is 16.0 Å². The van der Waals surface area contributed by atoms with E-state index in [4.69, 9.17) is 0 Å². The summed E-state index contributed by atoms with van der Waals surface area (Å²) in [6.07, 6.45) is 2.31. The van der Waals surface area contributed by atoms with Crippen LogP contribution in [0.5, 0.6) is 0 Å². The van der Waals surface area contributed by atoms with Gasteiger partial charge in [0, 0.05) is 30.3 Å². The van der Waals surface area contributed by atoms with Crippen LogP contribution < -0.4 is 16.0 Å². The molecule has 3 amide bonds. The molecule has 6 heteroatoms. The average Bonchev–Trinajstić information content (AvgIpc) is 3.24. The van der Waals surface area contributed by atoms with E-state index in [1.165, 1.54) is 0 Å². The number of benzene rings is 1. The monoisotopic (exact) mass is 287 g/mol. The van der Waals surface area contributed by atoms with Crippen molar-refractivity contribution < 1.29 is 14.4 Å². The first kappa shape index (κ1) is 13.6. The Hall–Kier alpha value is -2.37. The summed E-state index contributed by atoms with van der Waals surface area (Å²) in [5, 5.41) is 8.26. The standard InChI is InChI=1S/C15H17N3O3/c19-13-8-10-3-4-11(7-12(10)18-13)15(21)17-6-5-16-14(20)9-1-2-9/h3-4,7,9H,1-2,5-6,8H2,(H,16,20)(H,17,21)(H,18,19). The molecule has 21 heavy (non-hydrogen) atoms. The predicted molar refractivity (Wildman–Crippen MR) is 76.8 cm³/mol. The third-order valence-corrected chi connectivity index (χ3v) is 3.66. The van der Waals surface area contributed by atoms with Crippen molar-refractivity contribution in [2.24, 2.45) is 5.92 Å². The molecule has 3 N–H and O–H groups in total. The van der Waals surface area contributed by atoms with E-state index in [9.17, 15) is 14.4 Å². The summed E-state index contributed by atoms with van der Waals surface area (Å²) in [6.45, 7) is 0.823. The molecule has 1 aromatic carbocycles. The molecule has 1 aromatic rings. The molecule has 6 nitrogen and oxygen atoms in total. The van der Waals surface area contributed by atoms with Crippen LogP contribution in [0.1, 0.15) is 28.8 Å². The second-order valence-electron chi connectivity index (χ2n) is 5.42. The molecule has 0 radical (unpaired) electrons. The highest BCUT2D eigenvalue weighted by molar-refractivity contribution is 6.02. The van der Waals surface area contributed by atoms with E-state index >= 15 is 0 Å². The van der Waals surface area contributed by atoms with Crippen molar-refractivity contribution in [2.45, 2.75) is 19.3 Å². The maximum Gasteiger partial charge on any atom is 0.251 e. The Morgan fingerprint density at radius 2 is 1.95 bits per heavy atom. The second-order valence-corrected chi connectivity index (χ2v) is 5.42. The lowest BCUT2D eigenvalue weighted by Crippen LogP contribution is -2.35. The van der Waals surface area contributed by atoms with Crippen molar-refractivity contribution in [3.8, 4) is 0 Å². The van der Waals surface area contributed by atoms with Crippen LogP contribution in [0.3, 0.4) is 0 Å². The molecule has 0 saturated heterocycles. The molecule has 0 bridgehead atoms. The quantitative estimate of drug-likeness (QED) is 0.687. The number of fused-ring (bicyclic) bond motifs is 1. The molecule has 3 rings (SSSR count). The fraction of sp³-hybridized carbons (Fsp3) is 0.400. The van der Waals surface area contributed by atoms with Gasteiger partial charge in [-0.2, -0.15) is 0 Å². The van der Waals surface area contributed by atoms with Crippen LogP contribution in [0, 0.1) is 5.92 Å². The minimum absolute atomic E-state index is 0.0506. The van der Waals surface area contributed by atoms with E-state index < -0.39 is 0 Å². The van der Waals surface area contributed by atoms with Gasteiger partial charge in [0.1, 0.15) is 0 Å². The van der Waals surface area contributed by atoms with Gasteiger partial charge in [0.25, 0.3) is 5.91 Å². The number of carbonyl (C=O) groups excluding carboxylic acids is 3. The summed E-state index contributed by atoms with van der Waals surface area (Å²) in [5.74, 6) is -0.00418. The number of nitrogens with one attached hydrogen (secondary N) is 3. The molecular formula is C15H17N3O3. The van der Waals surface area contributed by atoms with E-state index in [1.807, 2.05) is 0 Å². The molecule has 0 spiro atoms. The lowest BCUT2D eigenvalue weighted by Gasteiger charge is -2.08. The van der Waals surface area contributed by atoms with Gasteiger partial charge >= 0.3 is 0 Å². The Morgan fingerprint density at radius 3 is 2.71 bits per heavy atom. The molecule has 1 saturated carbocycles. The number of carbonyl (C=O) groups is 3. The van der Waals surface area contributed by atoms with Crippen LogP contribution in [0.15, 0.2) is 18.2 Å². The molecule has 1 aliphatic heterocycles. The first-order valence-electron chi connectivity index (χ1n) is 7.12. The van der Waals surface area contributed by atoms with Crippen molar-refractivity contribution in [2.75, 3.05) is 18.4 Å². The Kier molecular flexibility index (Phi) is 3.60. The minimum atomic E-state index is -0.209. The van der Waals surface area contributed by atoms with Crippen molar-refractivity contribution in [1.29, 1.82) is 0 Å². The molecule has 0 aromatic heterocycles. The van der Waals surface area contributed by atoms with Gasteiger partial charge in [0.2, 0.25) is 11.8 Å². The SMILES string of the molecule is O=C1Cc2ccc(C(=O)NCCNC(=O)C3CC3)cc2N1. The van der Waals surface area contributed by atoms with Gasteiger partial charge < -0.3 is 16.0 Å². The Balaban J connectivity index is 1.48. The number of anilines is 1. The summed E-state index contributed by atoms with van der Waals surface area (Å²) < 4.78 is 0. The first-order chi connectivity index (χ1) is 10.1. The second kappa shape index (κ2) is 5.55. The van der Waals surface area contributed by atoms with E-state index in [0.29, 0.717) is 30.8 Å². The number of rotatable bonds is 5. The molecule has 0 unspecified atom stereocenters. The number of hydrogen-bond acceptors (Lipinski definition) is 3. The number of amides is 3. The molecule has 110 valence electrons. The summed E-state index contributed by atoms with van der Waals surface area (Å²) in [6, 6.07) is 5.17. The van der Waals surface area contributed by atoms with Gasteiger partial charge in [-0.05, 0) is 30.5 Å². The zero-order valence-electron chi connectivity index (χ0n) is 11.6. The van der Waals surface area contributed by atoms with Crippen molar-refractivity contribution in [3.05, 3.63) is 29.3 Å². The normalized spacial score (nSPS) is 16.1. The van der Waals surface area contributed by atoms with Gasteiger partial charge in [0.15, 0.2) is 0 Å². The number of hydrogen-bond donors (Lipinski definition) is 3. The van der Waals surface area contributed by atoms with Gasteiger partial charge in [-0.15, -0.1) is 0 Å². The fourth-order valence-electron chi connectivity index (χ4n) is 2.31. The highest BCUT2D eigenvalue weighted by Gasteiger charge is 2.29. The average molecular weight is 287 g/mol. The van der Waals surface area contributed by atoms with Crippen LogP contribution in [-0.4, -0.2) is 30.8 Å². The lowest BCUT2D eigenvalue weighted by atomic mass is 10.1. The molecular weight excluding hydrogens is 270 g/mol. The van der Waals surface area contributed by atoms with Gasteiger partial charge in [-0.25, -0.2) is 0 Å². The predicted octanol–water partition coefficient (Wildman–Crippen LogP) is 0.437. The van der Waals surface area contributed by atoms with E-state index in [1.54, 1.807) is 18.2 Å². The van der Waals surface area contributed by atoms with Crippen molar-refractivity contribution in [1.82, 2.24) is 10.6 Å². The first-order valence-corrected chi connectivity index (χ1v) is 7.12. The van der Waals surface area contributed by atoms with Crippen LogP contribution in [0.2, 0.25) is 0 Å². The summed E-state index contributed by atoms with van der Waals surface area (Å²) in [4.78, 5) is 34.7. The van der Waals surface area contributed by atoms with Gasteiger partial charge in [0.05, 0.1) is 6.42 Å². The maximum absolute atomic E-state index is 12.0. The van der Waals surface area contributed by atoms with E-state index in [2.05, 4.69) is 16.0 Å². The van der Waals surface area contributed by atoms with Crippen LogP contribution in [0.4, 0.5) is 5.69 Å². The third-order valence-electron chi connectivity index (χ3n) is 3.66. The summed E-state index contributed by atoms with van der Waals surface area (Å²) in [7, 11) is 0. The largest absolute Gasteiger partial charge is 0.354 e. The van der Waals surface area contributed by atoms with Crippen LogP contribution >= 0.6 is 0 Å². The van der Waals surface area contributed by atoms with Gasteiger partial charge in [-0.1, -0.05) is 6.07 Å². The zero-order chi connectivity index (χ0) is 14.8. The van der Waals surface area contributed by atoms with Crippen molar-refractivity contribution >= 4 is 23.4 Å². The topological polar surface area (TPSA) is 87.3 Å². The Bertz CT molecular complexity index is 608. The highest BCUT2D eigenvalue weighted by atomic mass is 16.2. The smallest absolute Gasteiger partial charge is 0.251 e. The van der Waals surface area contributed by atoms with Crippen molar-refractivity contribution in [3.63, 3.8) is 0 Å². The maximum atomic E-state index is 12.0. The third kappa shape index (κ3) is 3.21. The summed E-state index contributed by atoms with van der Waals surface area (Å²) >= 11 is 0. The molecule has 1 heterocycles. The van der Waals surface area contributed by atoms with Crippen LogP contribution in [0.25, 0.3) is 0 Å². The molecule has 1 fully saturated rings. The highest BCUT2D eigenvalue weighted by Crippen LogP contribution is 2.28. The van der Waals surface area contributed by atoms with E-state index in [-0.39, 0.29) is 23.6 Å². The Morgan fingerprint density at radius 1 is 1.19 bits per heavy atom. The van der Waals surface area contributed by atoms with Gasteiger partial charge in [-0.3, -0.25) is 14.4 Å². The molecule has 1 aliphatic carbocycles. The minimum Gasteiger partial charge on any atom is -0.354 e. The Labute approximate surface area is 122 Å². The fourth-order valence-corrected chi connectivity index (χ4v) is 2.31. The zero-order valence-corrected chi connectivity index (χ0v) is 11.6. The lowest BCUT2D eigenvalue weighted by molar-refractivity contribution is -0.122. The van der Waals surface area contributed by atoms with E-state index in [0.717, 1.165) is 18.4 Å².